The number of aromatic hydroxyl groups is 1. The Hall–Kier alpha value is -5.74. The zero-order chi connectivity index (χ0) is 42.8. The molecule has 0 aliphatic rings. The summed E-state index contributed by atoms with van der Waals surface area (Å²) in [6, 6.07) is 0.219. The number of nitrogens with one attached hydrogen (secondary N) is 5. The van der Waals surface area contributed by atoms with Crippen molar-refractivity contribution in [3.8, 4) is 5.75 Å². The number of phenolic OH excluding ortho intramolecular Hbond substituents is 1. The fourth-order valence-corrected chi connectivity index (χ4v) is 5.40. The number of phenols is 1. The lowest BCUT2D eigenvalue weighted by molar-refractivity contribution is -0.142. The molecule has 0 fully saturated rings. The Morgan fingerprint density at radius 2 is 1.02 bits per heavy atom. The second-order valence-corrected chi connectivity index (χ2v) is 13.3. The molecule has 0 heterocycles. The number of carboxylic acids is 1. The summed E-state index contributed by atoms with van der Waals surface area (Å²) in [7, 11) is 0. The largest absolute Gasteiger partial charge is 0.508 e. The zero-order valence-corrected chi connectivity index (χ0v) is 32.3. The van der Waals surface area contributed by atoms with E-state index in [1.54, 1.807) is 12.1 Å². The van der Waals surface area contributed by atoms with E-state index in [9.17, 15) is 39.0 Å². The van der Waals surface area contributed by atoms with Crippen molar-refractivity contribution in [2.45, 2.75) is 101 Å². The first kappa shape index (κ1) is 49.3. The van der Waals surface area contributed by atoms with Gasteiger partial charge in [0.25, 0.3) is 0 Å². The van der Waals surface area contributed by atoms with Crippen LogP contribution in [0.5, 0.6) is 5.75 Å². The monoisotopic (exact) mass is 806 g/mol. The normalized spacial score (nSPS) is 13.4. The van der Waals surface area contributed by atoms with Crippen molar-refractivity contribution < 1.29 is 39.0 Å². The molecule has 320 valence electrons. The summed E-state index contributed by atoms with van der Waals surface area (Å²) in [5.74, 6) is -5.15. The van der Waals surface area contributed by atoms with Crippen LogP contribution in [-0.2, 0) is 35.2 Å². The maximum atomic E-state index is 13.8. The molecule has 1 rings (SSSR count). The number of rotatable bonds is 29. The van der Waals surface area contributed by atoms with Crippen molar-refractivity contribution in [1.82, 2.24) is 26.6 Å². The Labute approximate surface area is 331 Å². The van der Waals surface area contributed by atoms with Crippen molar-refractivity contribution >= 4 is 47.4 Å². The summed E-state index contributed by atoms with van der Waals surface area (Å²) >= 11 is 0. The highest BCUT2D eigenvalue weighted by molar-refractivity contribution is 5.95. The van der Waals surface area contributed by atoms with E-state index in [0.29, 0.717) is 44.3 Å². The minimum atomic E-state index is -1.30. The SMILES string of the molecule is NCCCCC(NC(=O)C(CCCCN)NC(=O)C(CCCN=C(N)N)NC(=O)CNC(=O)C(N)Cc1ccc(O)cc1)C(=O)NC(CCCN=C(N)N)C(=O)O. The van der Waals surface area contributed by atoms with Crippen LogP contribution in [0, 0.1) is 0 Å². The molecule has 0 aliphatic carbocycles. The van der Waals surface area contributed by atoms with Gasteiger partial charge in [0.1, 0.15) is 29.9 Å². The van der Waals surface area contributed by atoms with E-state index >= 15 is 0 Å². The number of nitrogens with two attached hydrogens (primary N) is 7. The summed E-state index contributed by atoms with van der Waals surface area (Å²) in [6.07, 6.45) is 2.74. The maximum Gasteiger partial charge on any atom is 0.326 e. The molecule has 1 aromatic rings. The molecule has 5 atom stereocenters. The highest BCUT2D eigenvalue weighted by atomic mass is 16.4. The first-order valence-corrected chi connectivity index (χ1v) is 18.8. The average molecular weight is 807 g/mol. The lowest BCUT2D eigenvalue weighted by Gasteiger charge is -2.26. The predicted octanol–water partition coefficient (Wildman–Crippen LogP) is -4.23. The van der Waals surface area contributed by atoms with Gasteiger partial charge in [0.2, 0.25) is 29.5 Å². The van der Waals surface area contributed by atoms with E-state index < -0.39 is 72.3 Å². The van der Waals surface area contributed by atoms with Gasteiger partial charge in [0.15, 0.2) is 11.9 Å². The van der Waals surface area contributed by atoms with Gasteiger partial charge in [-0.15, -0.1) is 0 Å². The van der Waals surface area contributed by atoms with Crippen LogP contribution in [-0.4, -0.2) is 121 Å². The van der Waals surface area contributed by atoms with Gasteiger partial charge < -0.3 is 76.9 Å². The number of benzene rings is 1. The van der Waals surface area contributed by atoms with Gasteiger partial charge in [-0.25, -0.2) is 4.79 Å². The van der Waals surface area contributed by atoms with E-state index in [-0.39, 0.29) is 75.7 Å². The van der Waals surface area contributed by atoms with Crippen molar-refractivity contribution in [1.29, 1.82) is 0 Å². The molecular weight excluding hydrogens is 744 g/mol. The fourth-order valence-electron chi connectivity index (χ4n) is 5.40. The number of hydrogen-bond acceptors (Lipinski definition) is 12. The van der Waals surface area contributed by atoms with Crippen LogP contribution in [0.25, 0.3) is 0 Å². The van der Waals surface area contributed by atoms with E-state index in [1.807, 2.05) is 0 Å². The molecular formula is C35H62N14O8. The molecule has 0 radical (unpaired) electrons. The smallest absolute Gasteiger partial charge is 0.326 e. The van der Waals surface area contributed by atoms with Crippen LogP contribution in [0.4, 0.5) is 0 Å². The van der Waals surface area contributed by atoms with E-state index in [0.717, 1.165) is 0 Å². The number of guanidine groups is 2. The van der Waals surface area contributed by atoms with Crippen molar-refractivity contribution in [3.63, 3.8) is 0 Å². The van der Waals surface area contributed by atoms with Crippen LogP contribution in [0.3, 0.4) is 0 Å². The Bertz CT molecular complexity index is 1490. The third-order valence-corrected chi connectivity index (χ3v) is 8.47. The van der Waals surface area contributed by atoms with E-state index in [2.05, 4.69) is 36.6 Å². The maximum absolute atomic E-state index is 13.8. The predicted molar refractivity (Wildman–Crippen MR) is 214 cm³/mol. The van der Waals surface area contributed by atoms with Crippen LogP contribution in [0.1, 0.15) is 69.8 Å². The third kappa shape index (κ3) is 21.8. The number of carbonyl (C=O) groups is 6. The number of amides is 5. The number of carboxylic acid groups (broad SMARTS) is 1. The Balaban J connectivity index is 3.14. The molecule has 5 unspecified atom stereocenters. The van der Waals surface area contributed by atoms with Crippen LogP contribution in [0.15, 0.2) is 34.3 Å². The first-order chi connectivity index (χ1) is 27.1. The molecule has 1 aromatic carbocycles. The van der Waals surface area contributed by atoms with E-state index in [4.69, 9.17) is 40.1 Å². The second-order valence-electron chi connectivity index (χ2n) is 13.3. The molecule has 0 aliphatic heterocycles. The van der Waals surface area contributed by atoms with Gasteiger partial charge in [0.05, 0.1) is 12.6 Å². The van der Waals surface area contributed by atoms with Gasteiger partial charge in [-0.3, -0.25) is 34.0 Å². The highest BCUT2D eigenvalue weighted by Crippen LogP contribution is 2.11. The summed E-state index contributed by atoms with van der Waals surface area (Å²) in [6.45, 7) is 0.362. The molecule has 22 heteroatoms. The van der Waals surface area contributed by atoms with Gasteiger partial charge in [-0.05, 0) is 101 Å². The molecule has 0 bridgehead atoms. The molecule has 0 spiro atoms. The Morgan fingerprint density at radius 1 is 0.596 bits per heavy atom. The fraction of sp³-hybridized carbons (Fsp3) is 0.600. The van der Waals surface area contributed by atoms with Crippen LogP contribution < -0.4 is 66.7 Å². The minimum Gasteiger partial charge on any atom is -0.508 e. The topological polar surface area (TPSA) is 410 Å². The number of aliphatic imine (C=N–C) groups is 2. The molecule has 21 N–H and O–H groups in total. The number of aliphatic carboxylic acids is 1. The molecule has 5 amide bonds. The van der Waals surface area contributed by atoms with Gasteiger partial charge >= 0.3 is 5.97 Å². The summed E-state index contributed by atoms with van der Waals surface area (Å²) in [5, 5.41) is 32.0. The molecule has 0 saturated heterocycles. The average Bonchev–Trinajstić information content (AvgIpc) is 3.15. The molecule has 22 nitrogen and oxygen atoms in total. The number of nitrogens with zero attached hydrogens (tertiary/aromatic N) is 2. The number of hydrogen-bond donors (Lipinski definition) is 14. The van der Waals surface area contributed by atoms with Crippen molar-refractivity contribution in [3.05, 3.63) is 29.8 Å². The zero-order valence-electron chi connectivity index (χ0n) is 32.3. The second kappa shape index (κ2) is 27.8. The first-order valence-electron chi connectivity index (χ1n) is 18.8. The summed E-state index contributed by atoms with van der Waals surface area (Å²) in [4.78, 5) is 86.2. The molecule has 0 saturated carbocycles. The van der Waals surface area contributed by atoms with Gasteiger partial charge in [0, 0.05) is 13.1 Å². The lowest BCUT2D eigenvalue weighted by Crippen LogP contribution is -2.58. The Kier molecular flexibility index (Phi) is 24.0. The minimum absolute atomic E-state index is 0.00563. The standard InChI is InChI=1S/C35H62N14O8/c36-15-3-1-7-25(31(54)48-26(8-2-4-16-37)32(55)49-27(33(56)57)10-6-18-44-35(41)42)47-30(53)24(9-5-17-43-34(39)40)46-28(51)20-45-29(52)23(38)19-21-11-13-22(50)14-12-21/h11-14,23-27,50H,1-10,15-20,36-38H2,(H,45,52)(H,46,51)(H,47,53)(H,48,54)(H,49,55)(H,56,57)(H4,39,40,43)(H4,41,42,44). The lowest BCUT2D eigenvalue weighted by atomic mass is 10.0. The molecule has 0 aromatic heterocycles. The van der Waals surface area contributed by atoms with Crippen molar-refractivity contribution in [2.24, 2.45) is 50.1 Å². The summed E-state index contributed by atoms with van der Waals surface area (Å²) < 4.78 is 0. The number of carbonyl (C=O) groups excluding carboxylic acids is 5. The van der Waals surface area contributed by atoms with Crippen molar-refractivity contribution in [2.75, 3.05) is 32.7 Å². The van der Waals surface area contributed by atoms with Gasteiger partial charge in [-0.2, -0.15) is 0 Å². The van der Waals surface area contributed by atoms with E-state index in [1.165, 1.54) is 12.1 Å². The Morgan fingerprint density at radius 3 is 1.46 bits per heavy atom. The quantitative estimate of drug-likeness (QED) is 0.0207. The highest BCUT2D eigenvalue weighted by Gasteiger charge is 2.31. The number of unbranched alkanes of at least 4 members (excludes halogenated alkanes) is 2. The van der Waals surface area contributed by atoms with Crippen LogP contribution >= 0.6 is 0 Å². The van der Waals surface area contributed by atoms with Gasteiger partial charge in [-0.1, -0.05) is 12.1 Å². The van der Waals surface area contributed by atoms with Crippen LogP contribution in [0.2, 0.25) is 0 Å². The molecule has 57 heavy (non-hydrogen) atoms. The summed E-state index contributed by atoms with van der Waals surface area (Å²) in [5.41, 5.74) is 39.5. The third-order valence-electron chi connectivity index (χ3n) is 8.47.